The van der Waals surface area contributed by atoms with E-state index in [9.17, 15) is 0 Å². The number of aryl methyl sites for hydroxylation is 1. The van der Waals surface area contributed by atoms with Gasteiger partial charge >= 0.3 is 0 Å². The lowest BCUT2D eigenvalue weighted by atomic mass is 10.0. The molecule has 5 aromatic rings. The fourth-order valence-corrected chi connectivity index (χ4v) is 4.47. The van der Waals surface area contributed by atoms with Gasteiger partial charge < -0.3 is 9.84 Å². The first-order valence-electron chi connectivity index (χ1n) is 12.3. The van der Waals surface area contributed by atoms with Crippen molar-refractivity contribution >= 4 is 11.5 Å². The Balaban J connectivity index is 1.28. The molecular weight excluding hydrogens is 430 g/mol. The van der Waals surface area contributed by atoms with Crippen molar-refractivity contribution in [3.05, 3.63) is 108 Å². The minimum atomic E-state index is 0.726. The molecule has 1 N–H and O–H groups in total. The van der Waals surface area contributed by atoms with Crippen molar-refractivity contribution < 1.29 is 4.52 Å². The van der Waals surface area contributed by atoms with Gasteiger partial charge in [-0.05, 0) is 54.0 Å². The monoisotopic (exact) mass is 457 g/mol. The number of pyridine rings is 1. The summed E-state index contributed by atoms with van der Waals surface area (Å²) < 4.78 is 5.81. The molecule has 0 spiro atoms. The van der Waals surface area contributed by atoms with Crippen LogP contribution < -0.4 is 5.32 Å². The predicted molar refractivity (Wildman–Crippen MR) is 142 cm³/mol. The third-order valence-electron chi connectivity index (χ3n) is 6.61. The molecule has 4 nitrogen and oxygen atoms in total. The summed E-state index contributed by atoms with van der Waals surface area (Å²) in [7, 11) is 0. The molecule has 0 bridgehead atoms. The summed E-state index contributed by atoms with van der Waals surface area (Å²) in [5.74, 6) is 2.27. The van der Waals surface area contributed by atoms with Crippen LogP contribution >= 0.6 is 0 Å². The first-order chi connectivity index (χ1) is 17.3. The average Bonchev–Trinajstić information content (AvgIpc) is 3.70. The highest BCUT2D eigenvalue weighted by Crippen LogP contribution is 2.40. The molecule has 0 aliphatic heterocycles. The highest BCUT2D eigenvalue weighted by Gasteiger charge is 2.23. The third-order valence-corrected chi connectivity index (χ3v) is 6.61. The van der Waals surface area contributed by atoms with Crippen molar-refractivity contribution in [1.29, 1.82) is 0 Å². The van der Waals surface area contributed by atoms with Gasteiger partial charge in [-0.1, -0.05) is 97.0 Å². The summed E-state index contributed by atoms with van der Waals surface area (Å²) in [6.07, 6.45) is 3.41. The average molecular weight is 458 g/mol. The van der Waals surface area contributed by atoms with E-state index in [1.54, 1.807) is 0 Å². The fraction of sp³-hybridized carbons (Fsp3) is 0.161. The van der Waals surface area contributed by atoms with E-state index in [2.05, 4.69) is 78.1 Å². The molecular formula is C31H27N3O. The number of nitrogens with zero attached hydrogens (tertiary/aromatic N) is 2. The molecule has 6 rings (SSSR count). The van der Waals surface area contributed by atoms with Crippen molar-refractivity contribution in [2.75, 3.05) is 5.32 Å². The second-order valence-electron chi connectivity index (χ2n) is 9.06. The van der Waals surface area contributed by atoms with Crippen molar-refractivity contribution in [2.45, 2.75) is 32.1 Å². The highest BCUT2D eigenvalue weighted by molar-refractivity contribution is 5.79. The van der Waals surface area contributed by atoms with Crippen LogP contribution in [0.15, 0.2) is 102 Å². The maximum Gasteiger partial charge on any atom is 0.190 e. The molecule has 1 saturated carbocycles. The number of nitrogens with one attached hydrogen (secondary N) is 1. The molecule has 35 heavy (non-hydrogen) atoms. The zero-order valence-electron chi connectivity index (χ0n) is 19.7. The Kier molecular flexibility index (Phi) is 5.63. The van der Waals surface area contributed by atoms with E-state index in [4.69, 9.17) is 9.51 Å². The van der Waals surface area contributed by atoms with Gasteiger partial charge in [0.2, 0.25) is 0 Å². The molecule has 2 heterocycles. The van der Waals surface area contributed by atoms with Gasteiger partial charge in [0.25, 0.3) is 0 Å². The van der Waals surface area contributed by atoms with E-state index in [0.29, 0.717) is 0 Å². The topological polar surface area (TPSA) is 51.0 Å². The highest BCUT2D eigenvalue weighted by atomic mass is 16.5. The van der Waals surface area contributed by atoms with Crippen LogP contribution in [0.25, 0.3) is 33.7 Å². The second-order valence-corrected chi connectivity index (χ2v) is 9.06. The van der Waals surface area contributed by atoms with Crippen LogP contribution in [0.2, 0.25) is 0 Å². The number of hydrogen-bond acceptors (Lipinski definition) is 4. The minimum absolute atomic E-state index is 0.726. The maximum atomic E-state index is 5.81. The van der Waals surface area contributed by atoms with Crippen molar-refractivity contribution in [1.82, 2.24) is 10.1 Å². The van der Waals surface area contributed by atoms with E-state index in [1.165, 1.54) is 29.5 Å². The molecule has 1 aliphatic carbocycles. The zero-order chi connectivity index (χ0) is 23.6. The molecule has 172 valence electrons. The van der Waals surface area contributed by atoms with E-state index >= 15 is 0 Å². The molecule has 1 aliphatic rings. The Labute approximate surface area is 205 Å². The van der Waals surface area contributed by atoms with Crippen molar-refractivity contribution in [3.63, 3.8) is 0 Å². The summed E-state index contributed by atoms with van der Waals surface area (Å²) in [6.45, 7) is 2.08. The smallest absolute Gasteiger partial charge is 0.190 e. The standard InChI is InChI=1S/C31H27N3O/c1-2-27-30(33-29-10-6-9-28(32-29)25-7-4-3-5-8-25)31(35-34-27)26-19-17-24(18-20-26)23-15-13-22(14-16-23)21-11-12-21/h3-10,13-21H,2,11-12H2,1H3,(H,32,33). The minimum Gasteiger partial charge on any atom is -0.354 e. The van der Waals surface area contributed by atoms with E-state index in [1.807, 2.05) is 36.4 Å². The lowest BCUT2D eigenvalue weighted by Gasteiger charge is -2.09. The van der Waals surface area contributed by atoms with Crippen LogP contribution in [-0.2, 0) is 6.42 Å². The molecule has 0 unspecified atom stereocenters. The Morgan fingerprint density at radius 1 is 0.743 bits per heavy atom. The molecule has 0 amide bonds. The lowest BCUT2D eigenvalue weighted by Crippen LogP contribution is -1.98. The summed E-state index contributed by atoms with van der Waals surface area (Å²) in [6, 6.07) is 33.7. The van der Waals surface area contributed by atoms with Crippen LogP contribution in [-0.4, -0.2) is 10.1 Å². The maximum absolute atomic E-state index is 5.81. The largest absolute Gasteiger partial charge is 0.354 e. The van der Waals surface area contributed by atoms with Gasteiger partial charge in [0.1, 0.15) is 17.2 Å². The van der Waals surface area contributed by atoms with Crippen LogP contribution in [0.5, 0.6) is 0 Å². The Hall–Kier alpha value is -4.18. The molecule has 0 radical (unpaired) electrons. The number of hydrogen-bond donors (Lipinski definition) is 1. The van der Waals surface area contributed by atoms with Gasteiger partial charge in [-0.2, -0.15) is 0 Å². The Morgan fingerprint density at radius 2 is 1.43 bits per heavy atom. The van der Waals surface area contributed by atoms with Gasteiger partial charge in [0.05, 0.1) is 5.69 Å². The molecule has 0 saturated heterocycles. The number of aromatic nitrogens is 2. The third kappa shape index (κ3) is 4.47. The van der Waals surface area contributed by atoms with Crippen LogP contribution in [0.4, 0.5) is 11.5 Å². The molecule has 4 heteroatoms. The molecule has 3 aromatic carbocycles. The van der Waals surface area contributed by atoms with Gasteiger partial charge in [0.15, 0.2) is 5.76 Å². The normalized spacial score (nSPS) is 13.1. The molecule has 1 fully saturated rings. The van der Waals surface area contributed by atoms with Crippen molar-refractivity contribution in [3.8, 4) is 33.7 Å². The molecule has 0 atom stereocenters. The van der Waals surface area contributed by atoms with Crippen molar-refractivity contribution in [2.24, 2.45) is 0 Å². The summed E-state index contributed by atoms with van der Waals surface area (Å²) >= 11 is 0. The zero-order valence-corrected chi connectivity index (χ0v) is 19.7. The Morgan fingerprint density at radius 3 is 2.11 bits per heavy atom. The predicted octanol–water partition coefficient (Wildman–Crippen LogP) is 8.25. The van der Waals surface area contributed by atoms with Crippen LogP contribution in [0.1, 0.15) is 36.9 Å². The van der Waals surface area contributed by atoms with Gasteiger partial charge in [0, 0.05) is 11.1 Å². The Bertz CT molecular complexity index is 1430. The quantitative estimate of drug-likeness (QED) is 0.267. The summed E-state index contributed by atoms with van der Waals surface area (Å²) in [4.78, 5) is 4.83. The van der Waals surface area contributed by atoms with E-state index in [-0.39, 0.29) is 0 Å². The first kappa shape index (κ1) is 21.4. The second kappa shape index (κ2) is 9.22. The van der Waals surface area contributed by atoms with Gasteiger partial charge in [-0.3, -0.25) is 0 Å². The number of benzene rings is 3. The summed E-state index contributed by atoms with van der Waals surface area (Å²) in [5.41, 5.74) is 8.61. The van der Waals surface area contributed by atoms with Gasteiger partial charge in [-0.25, -0.2) is 4.98 Å². The molecule has 2 aromatic heterocycles. The first-order valence-corrected chi connectivity index (χ1v) is 12.3. The SMILES string of the molecule is CCc1noc(-c2ccc(-c3ccc(C4CC4)cc3)cc2)c1Nc1cccc(-c2ccccc2)n1. The van der Waals surface area contributed by atoms with E-state index < -0.39 is 0 Å². The van der Waals surface area contributed by atoms with Crippen LogP contribution in [0.3, 0.4) is 0 Å². The van der Waals surface area contributed by atoms with Gasteiger partial charge in [-0.15, -0.1) is 0 Å². The number of rotatable bonds is 7. The van der Waals surface area contributed by atoms with Crippen LogP contribution in [0, 0.1) is 0 Å². The lowest BCUT2D eigenvalue weighted by molar-refractivity contribution is 0.424. The van der Waals surface area contributed by atoms with E-state index in [0.717, 1.165) is 52.1 Å². The fourth-order valence-electron chi connectivity index (χ4n) is 4.47. The summed E-state index contributed by atoms with van der Waals surface area (Å²) in [5, 5.41) is 7.82. The number of anilines is 2.